The molecule has 2 heterocycles. The van der Waals surface area contributed by atoms with E-state index in [9.17, 15) is 0 Å². The highest BCUT2D eigenvalue weighted by Crippen LogP contribution is 2.51. The highest BCUT2D eigenvalue weighted by molar-refractivity contribution is 5.57. The lowest BCUT2D eigenvalue weighted by atomic mass is 9.89. The van der Waals surface area contributed by atoms with Crippen molar-refractivity contribution in [2.75, 3.05) is 0 Å². The van der Waals surface area contributed by atoms with E-state index in [1.54, 1.807) is 0 Å². The Bertz CT molecular complexity index is 669. The van der Waals surface area contributed by atoms with Crippen LogP contribution >= 0.6 is 0 Å². The maximum absolute atomic E-state index is 6.01. The third-order valence-corrected chi connectivity index (χ3v) is 4.68. The van der Waals surface area contributed by atoms with Crippen molar-refractivity contribution in [2.45, 2.75) is 39.9 Å². The Morgan fingerprint density at radius 1 is 0.650 bits per heavy atom. The molecule has 0 bridgehead atoms. The molecule has 0 saturated heterocycles. The van der Waals surface area contributed by atoms with Crippen molar-refractivity contribution in [2.24, 2.45) is 0 Å². The number of rotatable bonds is 0. The summed E-state index contributed by atoms with van der Waals surface area (Å²) in [6, 6.07) is 8.77. The summed E-state index contributed by atoms with van der Waals surface area (Å²) < 4.78 is 12.0. The molecule has 102 valence electrons. The van der Waals surface area contributed by atoms with E-state index in [4.69, 9.17) is 9.47 Å². The van der Waals surface area contributed by atoms with Crippen LogP contribution in [0, 0.1) is 27.7 Å². The average molecular weight is 266 g/mol. The molecule has 20 heavy (non-hydrogen) atoms. The molecular formula is C18H18O2. The molecule has 0 N–H and O–H groups in total. The second kappa shape index (κ2) is 3.78. The lowest BCUT2D eigenvalue weighted by Crippen LogP contribution is -2.19. The lowest BCUT2D eigenvalue weighted by Gasteiger charge is -2.10. The van der Waals surface area contributed by atoms with E-state index >= 15 is 0 Å². The molecular weight excluding hydrogens is 248 g/mol. The van der Waals surface area contributed by atoms with Gasteiger partial charge < -0.3 is 9.47 Å². The van der Waals surface area contributed by atoms with E-state index in [1.807, 2.05) is 0 Å². The van der Waals surface area contributed by atoms with Crippen molar-refractivity contribution in [1.82, 2.24) is 0 Å². The molecule has 4 rings (SSSR count). The third kappa shape index (κ3) is 1.45. The van der Waals surface area contributed by atoms with E-state index in [0.29, 0.717) is 0 Å². The van der Waals surface area contributed by atoms with Crippen LogP contribution in [0.3, 0.4) is 0 Å². The highest BCUT2D eigenvalue weighted by Gasteiger charge is 2.44. The highest BCUT2D eigenvalue weighted by atomic mass is 16.7. The smallest absolute Gasteiger partial charge is 0.252 e. The quantitative estimate of drug-likeness (QED) is 0.712. The number of benzene rings is 2. The summed E-state index contributed by atoms with van der Waals surface area (Å²) in [5.41, 5.74) is 7.68. The molecule has 2 aliphatic heterocycles. The van der Waals surface area contributed by atoms with Gasteiger partial charge in [0.2, 0.25) is 0 Å². The van der Waals surface area contributed by atoms with Gasteiger partial charge in [-0.05, 0) is 62.1 Å². The number of fused-ring (bicyclic) bond motifs is 5. The molecule has 2 heteroatoms. The topological polar surface area (TPSA) is 18.5 Å². The first-order chi connectivity index (χ1) is 9.54. The summed E-state index contributed by atoms with van der Waals surface area (Å²) in [6.07, 6.45) is -0.192. The lowest BCUT2D eigenvalue weighted by molar-refractivity contribution is 0.0329. The number of hydrogen-bond donors (Lipinski definition) is 0. The second-order valence-electron chi connectivity index (χ2n) is 6.03. The van der Waals surface area contributed by atoms with Crippen LogP contribution in [0.4, 0.5) is 0 Å². The largest absolute Gasteiger partial charge is 0.454 e. The predicted octanol–water partition coefficient (Wildman–Crippen LogP) is 4.16. The molecule has 0 spiro atoms. The van der Waals surface area contributed by atoms with E-state index in [2.05, 4.69) is 52.0 Å². The Balaban J connectivity index is 1.90. The summed E-state index contributed by atoms with van der Waals surface area (Å²) in [7, 11) is 0. The molecule has 0 aromatic heterocycles. The van der Waals surface area contributed by atoms with Crippen LogP contribution in [0.15, 0.2) is 24.3 Å². The van der Waals surface area contributed by atoms with Crippen molar-refractivity contribution in [3.63, 3.8) is 0 Å². The maximum Gasteiger partial charge on any atom is 0.252 e. The van der Waals surface area contributed by atoms with Gasteiger partial charge in [0, 0.05) is 11.1 Å². The Morgan fingerprint density at radius 2 is 1.05 bits per heavy atom. The minimum absolute atomic E-state index is 0.192. The Morgan fingerprint density at radius 3 is 1.50 bits per heavy atom. The van der Waals surface area contributed by atoms with Crippen molar-refractivity contribution >= 4 is 0 Å². The Labute approximate surface area is 119 Å². The molecule has 0 unspecified atom stereocenters. The second-order valence-corrected chi connectivity index (χ2v) is 6.03. The van der Waals surface area contributed by atoms with Crippen molar-refractivity contribution < 1.29 is 9.47 Å². The summed E-state index contributed by atoms with van der Waals surface area (Å²) in [6.45, 7) is 8.55. The molecule has 0 radical (unpaired) electrons. The zero-order chi connectivity index (χ0) is 14.0. The fraction of sp³-hybridized carbons (Fsp3) is 0.333. The van der Waals surface area contributed by atoms with E-state index in [-0.39, 0.29) is 12.2 Å². The summed E-state index contributed by atoms with van der Waals surface area (Å²) in [5.74, 6) is 2.18. The van der Waals surface area contributed by atoms with Crippen LogP contribution in [0.2, 0.25) is 0 Å². The maximum atomic E-state index is 6.01. The molecule has 0 fully saturated rings. The van der Waals surface area contributed by atoms with Gasteiger partial charge in [0.15, 0.2) is 0 Å². The van der Waals surface area contributed by atoms with Crippen LogP contribution in [0.5, 0.6) is 11.5 Å². The van der Waals surface area contributed by atoms with E-state index in [1.165, 1.54) is 33.4 Å². The number of aryl methyl sites for hydroxylation is 4. The first-order valence-electron chi connectivity index (χ1n) is 7.10. The fourth-order valence-corrected chi connectivity index (χ4v) is 3.19. The standard InChI is InChI=1S/C18H18O2/c1-9-5-13-15(7-11(9)3)19-18-17(13)14-6-10(2)12(4)8-16(14)20-18/h5-8,17-18H,1-4H3. The van der Waals surface area contributed by atoms with Gasteiger partial charge in [-0.2, -0.15) is 0 Å². The zero-order valence-electron chi connectivity index (χ0n) is 12.3. The van der Waals surface area contributed by atoms with Gasteiger partial charge in [0.05, 0.1) is 5.92 Å². The predicted molar refractivity (Wildman–Crippen MR) is 78.7 cm³/mol. The van der Waals surface area contributed by atoms with Gasteiger partial charge >= 0.3 is 0 Å². The van der Waals surface area contributed by atoms with Gasteiger partial charge in [-0.25, -0.2) is 0 Å². The van der Waals surface area contributed by atoms with Gasteiger partial charge in [-0.15, -0.1) is 0 Å². The normalized spacial score (nSPS) is 21.8. The van der Waals surface area contributed by atoms with Crippen LogP contribution in [-0.2, 0) is 0 Å². The van der Waals surface area contributed by atoms with Crippen LogP contribution in [-0.4, -0.2) is 6.29 Å². The number of ether oxygens (including phenoxy) is 2. The molecule has 2 nitrogen and oxygen atoms in total. The van der Waals surface area contributed by atoms with E-state index in [0.717, 1.165) is 11.5 Å². The summed E-state index contributed by atoms with van der Waals surface area (Å²) in [5, 5.41) is 0. The third-order valence-electron chi connectivity index (χ3n) is 4.68. The van der Waals surface area contributed by atoms with Gasteiger partial charge in [-0.3, -0.25) is 0 Å². The molecule has 2 aromatic rings. The van der Waals surface area contributed by atoms with Gasteiger partial charge in [0.1, 0.15) is 11.5 Å². The van der Waals surface area contributed by atoms with Crippen molar-refractivity contribution in [3.05, 3.63) is 57.6 Å². The molecule has 0 amide bonds. The van der Waals surface area contributed by atoms with Gasteiger partial charge in [-0.1, -0.05) is 12.1 Å². The monoisotopic (exact) mass is 266 g/mol. The van der Waals surface area contributed by atoms with Crippen LogP contribution in [0.1, 0.15) is 39.3 Å². The fourth-order valence-electron chi connectivity index (χ4n) is 3.19. The van der Waals surface area contributed by atoms with Crippen molar-refractivity contribution in [1.29, 1.82) is 0 Å². The molecule has 0 saturated carbocycles. The Hall–Kier alpha value is -1.96. The number of hydrogen-bond acceptors (Lipinski definition) is 2. The molecule has 0 atom stereocenters. The minimum atomic E-state index is -0.192. The summed E-state index contributed by atoms with van der Waals surface area (Å²) >= 11 is 0. The molecule has 2 aromatic carbocycles. The van der Waals surface area contributed by atoms with Gasteiger partial charge in [0.25, 0.3) is 6.29 Å². The average Bonchev–Trinajstić information content (AvgIpc) is 2.88. The van der Waals surface area contributed by atoms with Crippen molar-refractivity contribution in [3.8, 4) is 11.5 Å². The summed E-state index contributed by atoms with van der Waals surface area (Å²) in [4.78, 5) is 0. The minimum Gasteiger partial charge on any atom is -0.454 e. The first kappa shape index (κ1) is 11.8. The molecule has 2 aliphatic rings. The first-order valence-corrected chi connectivity index (χ1v) is 7.10. The molecule has 0 aliphatic carbocycles. The SMILES string of the molecule is Cc1cc2c(cc1C)C1c3cc(C)c(C)cc3OC1O2. The zero-order valence-corrected chi connectivity index (χ0v) is 12.3. The van der Waals surface area contributed by atoms with Crippen LogP contribution in [0.25, 0.3) is 0 Å². The van der Waals surface area contributed by atoms with Crippen LogP contribution < -0.4 is 9.47 Å². The van der Waals surface area contributed by atoms with E-state index < -0.39 is 0 Å². The Kier molecular flexibility index (Phi) is 2.24.